The molecule has 0 aliphatic heterocycles. The Balaban J connectivity index is 1.75. The quantitative estimate of drug-likeness (QED) is 0.540. The lowest BCUT2D eigenvalue weighted by molar-refractivity contribution is -0.147. The molecule has 7 nitrogen and oxygen atoms in total. The normalized spacial score (nSPS) is 40.5. The maximum atomic E-state index is 14.0. The number of carbonyl (C=O) groups excluding carboxylic acids is 4. The third kappa shape index (κ3) is 3.74. The van der Waals surface area contributed by atoms with Crippen molar-refractivity contribution in [2.45, 2.75) is 99.5 Å². The number of ketones is 4. The molecule has 0 saturated heterocycles. The second-order valence-corrected chi connectivity index (χ2v) is 13.7. The lowest BCUT2D eigenvalue weighted by Crippen LogP contribution is -2.59. The highest BCUT2D eigenvalue weighted by Crippen LogP contribution is 2.70. The van der Waals surface area contributed by atoms with E-state index in [0.29, 0.717) is 30.4 Å². The third-order valence-corrected chi connectivity index (χ3v) is 11.4. The van der Waals surface area contributed by atoms with Gasteiger partial charge in [0.1, 0.15) is 11.6 Å². The number of hydrogen-bond donors (Lipinski definition) is 2. The highest BCUT2D eigenvalue weighted by Gasteiger charge is 2.70. The summed E-state index contributed by atoms with van der Waals surface area (Å²) in [6.45, 7) is 13.1. The van der Waals surface area contributed by atoms with Gasteiger partial charge in [0.15, 0.2) is 11.6 Å². The van der Waals surface area contributed by atoms with Crippen molar-refractivity contribution in [3.05, 3.63) is 11.1 Å². The van der Waals surface area contributed by atoms with Crippen LogP contribution in [-0.2, 0) is 24.0 Å². The van der Waals surface area contributed by atoms with Gasteiger partial charge in [-0.3, -0.25) is 24.0 Å². The molecule has 0 aromatic heterocycles. The SMILES string of the molecule is C[C@H](CC(=O)C[C@@H](C)[C@H]1C[C@H](O)[C@@]2(C)C3=C(C(=O)C[C@]12C)[C@@]1(C)CCC(=O)C(C)(C)[C@@H]1CC3=O)C(=O)O. The van der Waals surface area contributed by atoms with Crippen molar-refractivity contribution in [1.29, 1.82) is 0 Å². The molecule has 0 aromatic rings. The zero-order valence-electron chi connectivity index (χ0n) is 23.3. The van der Waals surface area contributed by atoms with Crippen LogP contribution in [0.1, 0.15) is 93.4 Å². The number of rotatable bonds is 6. The van der Waals surface area contributed by atoms with E-state index in [1.54, 1.807) is 0 Å². The highest BCUT2D eigenvalue weighted by molar-refractivity contribution is 6.12. The Kier molecular flexibility index (Phi) is 6.54. The van der Waals surface area contributed by atoms with Crippen molar-refractivity contribution >= 4 is 29.1 Å². The Hall–Kier alpha value is -2.15. The van der Waals surface area contributed by atoms with Crippen LogP contribution in [0.5, 0.6) is 0 Å². The summed E-state index contributed by atoms with van der Waals surface area (Å²) in [5, 5.41) is 20.8. The predicted octanol–water partition coefficient (Wildman–Crippen LogP) is 4.34. The van der Waals surface area contributed by atoms with E-state index in [-0.39, 0.29) is 66.6 Å². The third-order valence-electron chi connectivity index (χ3n) is 11.4. The molecular weight excluding hydrogens is 472 g/mol. The van der Waals surface area contributed by atoms with Crippen LogP contribution in [0, 0.1) is 45.3 Å². The first-order valence-electron chi connectivity index (χ1n) is 13.7. The van der Waals surface area contributed by atoms with E-state index in [0.717, 1.165) is 0 Å². The van der Waals surface area contributed by atoms with Gasteiger partial charge in [-0.1, -0.05) is 48.5 Å². The van der Waals surface area contributed by atoms with Gasteiger partial charge in [-0.25, -0.2) is 0 Å². The average Bonchev–Trinajstić information content (AvgIpc) is 2.99. The molecule has 0 amide bonds. The number of aliphatic hydroxyl groups is 1. The van der Waals surface area contributed by atoms with Gasteiger partial charge in [-0.2, -0.15) is 0 Å². The zero-order chi connectivity index (χ0) is 27.9. The molecule has 4 rings (SSSR count). The Labute approximate surface area is 219 Å². The number of aliphatic hydroxyl groups excluding tert-OH is 1. The summed E-state index contributed by atoms with van der Waals surface area (Å²) in [5.41, 5.74) is -1.98. The molecule has 7 heteroatoms. The Bertz CT molecular complexity index is 1110. The number of allylic oxidation sites excluding steroid dienone is 1. The Morgan fingerprint density at radius 3 is 2.19 bits per heavy atom. The average molecular weight is 515 g/mol. The predicted molar refractivity (Wildman–Crippen MR) is 136 cm³/mol. The fourth-order valence-electron chi connectivity index (χ4n) is 8.92. The number of carbonyl (C=O) groups is 5. The highest BCUT2D eigenvalue weighted by atomic mass is 16.4. The number of hydrogen-bond acceptors (Lipinski definition) is 6. The van der Waals surface area contributed by atoms with Gasteiger partial charge in [-0.15, -0.1) is 0 Å². The number of carboxylic acid groups (broad SMARTS) is 1. The van der Waals surface area contributed by atoms with Crippen LogP contribution in [-0.4, -0.2) is 45.4 Å². The van der Waals surface area contributed by atoms with Gasteiger partial charge >= 0.3 is 5.97 Å². The van der Waals surface area contributed by atoms with Gasteiger partial charge in [-0.05, 0) is 36.0 Å². The summed E-state index contributed by atoms with van der Waals surface area (Å²) < 4.78 is 0. The number of fused-ring (bicyclic) bond motifs is 4. The summed E-state index contributed by atoms with van der Waals surface area (Å²) in [6, 6.07) is 0. The maximum Gasteiger partial charge on any atom is 0.306 e. The van der Waals surface area contributed by atoms with Crippen molar-refractivity contribution in [3.8, 4) is 0 Å². The van der Waals surface area contributed by atoms with Gasteiger partial charge < -0.3 is 10.2 Å². The van der Waals surface area contributed by atoms with E-state index in [4.69, 9.17) is 0 Å². The molecule has 0 aromatic carbocycles. The molecule has 4 aliphatic carbocycles. The van der Waals surface area contributed by atoms with E-state index in [2.05, 4.69) is 0 Å². The first-order chi connectivity index (χ1) is 16.9. The van der Waals surface area contributed by atoms with Gasteiger partial charge in [0.25, 0.3) is 0 Å². The van der Waals surface area contributed by atoms with E-state index >= 15 is 0 Å². The van der Waals surface area contributed by atoms with E-state index in [9.17, 15) is 34.2 Å². The molecule has 204 valence electrons. The van der Waals surface area contributed by atoms with Gasteiger partial charge in [0, 0.05) is 59.5 Å². The molecule has 2 saturated carbocycles. The zero-order valence-corrected chi connectivity index (χ0v) is 23.3. The number of carboxylic acids is 1. The Morgan fingerprint density at radius 2 is 1.59 bits per heavy atom. The molecule has 2 N–H and O–H groups in total. The van der Waals surface area contributed by atoms with Gasteiger partial charge in [0.2, 0.25) is 0 Å². The van der Waals surface area contributed by atoms with E-state index in [1.807, 2.05) is 41.5 Å². The first kappa shape index (κ1) is 27.9. The molecule has 0 unspecified atom stereocenters. The molecule has 2 fully saturated rings. The fraction of sp³-hybridized carbons (Fsp3) is 0.767. The topological polar surface area (TPSA) is 126 Å². The summed E-state index contributed by atoms with van der Waals surface area (Å²) in [4.78, 5) is 64.6. The summed E-state index contributed by atoms with van der Waals surface area (Å²) in [6.07, 6.45) is 0.899. The second-order valence-electron chi connectivity index (χ2n) is 13.7. The molecule has 0 heterocycles. The second kappa shape index (κ2) is 8.69. The van der Waals surface area contributed by atoms with E-state index in [1.165, 1.54) is 6.92 Å². The van der Waals surface area contributed by atoms with Crippen molar-refractivity contribution < 1.29 is 34.2 Å². The molecular formula is C30H42O7. The minimum atomic E-state index is -1.01. The van der Waals surface area contributed by atoms with Gasteiger partial charge in [0.05, 0.1) is 12.0 Å². The minimum Gasteiger partial charge on any atom is -0.481 e. The molecule has 8 atom stereocenters. The van der Waals surface area contributed by atoms with E-state index < -0.39 is 39.7 Å². The van der Waals surface area contributed by atoms with Crippen molar-refractivity contribution in [1.82, 2.24) is 0 Å². The molecule has 4 aliphatic rings. The van der Waals surface area contributed by atoms with Crippen LogP contribution in [0.15, 0.2) is 11.1 Å². The lowest BCUT2D eigenvalue weighted by atomic mass is 9.42. The smallest absolute Gasteiger partial charge is 0.306 e. The summed E-state index contributed by atoms with van der Waals surface area (Å²) in [5.74, 6) is -2.62. The standard InChI is InChI=1S/C30H42O7/c1-15(10-17(31)11-16(2)26(36)37)18-12-23(35)30(7)25-19(32)13-21-27(3,4)22(34)8-9-28(21,5)24(25)20(33)14-29(18,30)6/h15-16,18,21,23,35H,8-14H2,1-7H3,(H,36,37)/t15-,16-,18-,21+,23+,28+,29-,30+/m1/s1. The monoisotopic (exact) mass is 514 g/mol. The van der Waals surface area contributed by atoms with Crippen LogP contribution in [0.4, 0.5) is 0 Å². The van der Waals surface area contributed by atoms with Crippen LogP contribution in [0.3, 0.4) is 0 Å². The number of aliphatic carboxylic acids is 1. The van der Waals surface area contributed by atoms with Crippen LogP contribution < -0.4 is 0 Å². The van der Waals surface area contributed by atoms with Crippen LogP contribution in [0.2, 0.25) is 0 Å². The van der Waals surface area contributed by atoms with Crippen molar-refractivity contribution in [2.24, 2.45) is 45.3 Å². The lowest BCUT2D eigenvalue weighted by Gasteiger charge is -2.59. The molecule has 37 heavy (non-hydrogen) atoms. The Morgan fingerprint density at radius 1 is 0.973 bits per heavy atom. The summed E-state index contributed by atoms with van der Waals surface area (Å²) >= 11 is 0. The fourth-order valence-corrected chi connectivity index (χ4v) is 8.92. The first-order valence-corrected chi connectivity index (χ1v) is 13.7. The summed E-state index contributed by atoms with van der Waals surface area (Å²) in [7, 11) is 0. The molecule has 0 spiro atoms. The van der Waals surface area contributed by atoms with Crippen molar-refractivity contribution in [3.63, 3.8) is 0 Å². The minimum absolute atomic E-state index is 0.0517. The maximum absolute atomic E-state index is 14.0. The van der Waals surface area contributed by atoms with Crippen molar-refractivity contribution in [2.75, 3.05) is 0 Å². The number of Topliss-reactive ketones (excluding diaryl/α,β-unsaturated/α-hetero) is 4. The molecule has 0 radical (unpaired) electrons. The van der Waals surface area contributed by atoms with Crippen LogP contribution >= 0.6 is 0 Å². The molecule has 0 bridgehead atoms. The largest absolute Gasteiger partial charge is 0.481 e. The van der Waals surface area contributed by atoms with Crippen LogP contribution in [0.25, 0.3) is 0 Å².